The average Bonchev–Trinajstić information content (AvgIpc) is 2.72. The van der Waals surface area contributed by atoms with Gasteiger partial charge in [0, 0.05) is 25.7 Å². The highest BCUT2D eigenvalue weighted by atomic mass is 16.5. The minimum absolute atomic E-state index is 0.0279. The monoisotopic (exact) mass is 432 g/mol. The van der Waals surface area contributed by atoms with Crippen LogP contribution in [0, 0.1) is 17.8 Å². The highest BCUT2D eigenvalue weighted by Crippen LogP contribution is 2.32. The largest absolute Gasteiger partial charge is 0.493 e. The third-order valence-electron chi connectivity index (χ3n) is 5.66. The van der Waals surface area contributed by atoms with E-state index in [1.165, 1.54) is 6.08 Å². The first-order valence-corrected chi connectivity index (χ1v) is 11.0. The molecule has 1 aliphatic rings. The number of hydrogen-bond donors (Lipinski definition) is 0. The summed E-state index contributed by atoms with van der Waals surface area (Å²) in [6.45, 7) is 9.20. The molecule has 1 aromatic carbocycles. The molecule has 1 aromatic rings. The third-order valence-corrected chi connectivity index (χ3v) is 5.66. The first kappa shape index (κ1) is 24.9. The number of cyclic esters (lactones) is 1. The lowest BCUT2D eigenvalue weighted by molar-refractivity contribution is -0.153. The van der Waals surface area contributed by atoms with E-state index in [1.54, 1.807) is 14.2 Å². The van der Waals surface area contributed by atoms with Crippen LogP contribution in [0.15, 0.2) is 29.8 Å². The standard InChI is InChI=1S/C25H36O6/c1-16(2)19(14-23-21(26)15-20(17(3)4)25(27)31-23)12-18-8-9-22(29-6)24(13-18)30-11-7-10-28-5/h8-9,13,15-17,19,23H,7,10-12,14H2,1-6H3/t19-,23-/m0/s1. The molecule has 2 atom stereocenters. The van der Waals surface area contributed by atoms with E-state index in [2.05, 4.69) is 13.8 Å². The highest BCUT2D eigenvalue weighted by Gasteiger charge is 2.33. The first-order chi connectivity index (χ1) is 14.8. The maximum Gasteiger partial charge on any atom is 0.335 e. The Labute approximate surface area is 185 Å². The van der Waals surface area contributed by atoms with Crippen molar-refractivity contribution in [1.29, 1.82) is 0 Å². The van der Waals surface area contributed by atoms with Crippen LogP contribution in [0.1, 0.15) is 46.1 Å². The summed E-state index contributed by atoms with van der Waals surface area (Å²) in [7, 11) is 3.29. The molecule has 0 saturated carbocycles. The van der Waals surface area contributed by atoms with Gasteiger partial charge in [-0.15, -0.1) is 0 Å². The zero-order valence-electron chi connectivity index (χ0n) is 19.6. The Morgan fingerprint density at radius 1 is 1.03 bits per heavy atom. The van der Waals surface area contributed by atoms with Crippen LogP contribution >= 0.6 is 0 Å². The van der Waals surface area contributed by atoms with Crippen molar-refractivity contribution >= 4 is 11.8 Å². The van der Waals surface area contributed by atoms with Crippen LogP contribution in [0.5, 0.6) is 11.5 Å². The summed E-state index contributed by atoms with van der Waals surface area (Å²) in [4.78, 5) is 24.9. The van der Waals surface area contributed by atoms with Crippen molar-refractivity contribution < 1.29 is 28.5 Å². The van der Waals surface area contributed by atoms with Gasteiger partial charge in [-0.3, -0.25) is 4.79 Å². The van der Waals surface area contributed by atoms with Crippen LogP contribution in [0.3, 0.4) is 0 Å². The predicted octanol–water partition coefficient (Wildman–Crippen LogP) is 4.39. The first-order valence-electron chi connectivity index (χ1n) is 11.0. The second kappa shape index (κ2) is 11.9. The zero-order chi connectivity index (χ0) is 23.0. The fraction of sp³-hybridized carbons (Fsp3) is 0.600. The van der Waals surface area contributed by atoms with Gasteiger partial charge in [-0.1, -0.05) is 33.8 Å². The molecular formula is C25H36O6. The van der Waals surface area contributed by atoms with E-state index in [0.29, 0.717) is 42.6 Å². The zero-order valence-corrected chi connectivity index (χ0v) is 19.6. The molecule has 0 radical (unpaired) electrons. The number of carbonyl (C=O) groups excluding carboxylic acids is 2. The van der Waals surface area contributed by atoms with Gasteiger partial charge in [0.2, 0.25) is 0 Å². The number of ether oxygens (including phenoxy) is 4. The van der Waals surface area contributed by atoms with Crippen LogP contribution in [-0.2, 0) is 25.5 Å². The molecule has 0 saturated heterocycles. The minimum atomic E-state index is -0.717. The summed E-state index contributed by atoms with van der Waals surface area (Å²) in [5.41, 5.74) is 1.54. The molecule has 1 heterocycles. The van der Waals surface area contributed by atoms with E-state index in [1.807, 2.05) is 32.0 Å². The van der Waals surface area contributed by atoms with Gasteiger partial charge in [0.25, 0.3) is 0 Å². The summed E-state index contributed by atoms with van der Waals surface area (Å²) < 4.78 is 21.9. The van der Waals surface area contributed by atoms with Crippen molar-refractivity contribution in [2.75, 3.05) is 27.4 Å². The number of methoxy groups -OCH3 is 2. The average molecular weight is 433 g/mol. The Morgan fingerprint density at radius 3 is 2.39 bits per heavy atom. The Bertz CT molecular complexity index is 780. The second-order valence-corrected chi connectivity index (χ2v) is 8.67. The van der Waals surface area contributed by atoms with Gasteiger partial charge in [0.05, 0.1) is 13.7 Å². The van der Waals surface area contributed by atoms with Gasteiger partial charge in [0.1, 0.15) is 0 Å². The number of rotatable bonds is 12. The topological polar surface area (TPSA) is 71.1 Å². The van der Waals surface area contributed by atoms with Crippen molar-refractivity contribution in [2.45, 2.75) is 53.1 Å². The van der Waals surface area contributed by atoms with Crippen LogP contribution in [0.2, 0.25) is 0 Å². The van der Waals surface area contributed by atoms with Crippen LogP contribution in [-0.4, -0.2) is 45.3 Å². The quantitative estimate of drug-likeness (QED) is 0.360. The maximum atomic E-state index is 12.6. The molecule has 1 aliphatic heterocycles. The van der Waals surface area contributed by atoms with Crippen molar-refractivity contribution in [2.24, 2.45) is 17.8 Å². The predicted molar refractivity (Wildman–Crippen MR) is 119 cm³/mol. The molecule has 0 spiro atoms. The molecule has 0 amide bonds. The third kappa shape index (κ3) is 7.10. The van der Waals surface area contributed by atoms with Gasteiger partial charge < -0.3 is 18.9 Å². The Balaban J connectivity index is 2.11. The Hall–Kier alpha value is -2.34. The lowest BCUT2D eigenvalue weighted by Crippen LogP contribution is -2.36. The van der Waals surface area contributed by atoms with Crippen LogP contribution in [0.4, 0.5) is 0 Å². The van der Waals surface area contributed by atoms with Gasteiger partial charge in [-0.25, -0.2) is 4.79 Å². The van der Waals surface area contributed by atoms with Crippen molar-refractivity contribution in [3.63, 3.8) is 0 Å². The summed E-state index contributed by atoms with van der Waals surface area (Å²) in [6.07, 6.45) is 2.79. The molecule has 6 heteroatoms. The molecule has 0 N–H and O–H groups in total. The fourth-order valence-electron chi connectivity index (χ4n) is 3.64. The second-order valence-electron chi connectivity index (χ2n) is 8.67. The molecule has 31 heavy (non-hydrogen) atoms. The Kier molecular flexibility index (Phi) is 9.56. The van der Waals surface area contributed by atoms with Crippen molar-refractivity contribution in [3.8, 4) is 11.5 Å². The molecule has 0 aliphatic carbocycles. The van der Waals surface area contributed by atoms with E-state index in [9.17, 15) is 9.59 Å². The van der Waals surface area contributed by atoms with E-state index in [4.69, 9.17) is 18.9 Å². The number of carbonyl (C=O) groups is 2. The van der Waals surface area contributed by atoms with Crippen LogP contribution in [0.25, 0.3) is 0 Å². The van der Waals surface area contributed by atoms with Gasteiger partial charge >= 0.3 is 5.97 Å². The smallest absolute Gasteiger partial charge is 0.335 e. The Morgan fingerprint density at radius 2 is 1.77 bits per heavy atom. The molecule has 0 fully saturated rings. The lowest BCUT2D eigenvalue weighted by atomic mass is 9.83. The van der Waals surface area contributed by atoms with Gasteiger partial charge in [-0.2, -0.15) is 0 Å². The molecule has 0 aromatic heterocycles. The number of esters is 1. The molecule has 6 nitrogen and oxygen atoms in total. The SMILES string of the molecule is COCCCOc1cc(C[C@@H](C[C@@H]2OC(=O)C(C(C)C)=CC2=O)C(C)C)ccc1OC. The molecule has 2 rings (SSSR count). The van der Waals surface area contributed by atoms with E-state index >= 15 is 0 Å². The number of benzene rings is 1. The van der Waals surface area contributed by atoms with Gasteiger partial charge in [0.15, 0.2) is 23.4 Å². The van der Waals surface area contributed by atoms with Crippen molar-refractivity contribution in [1.82, 2.24) is 0 Å². The fourth-order valence-corrected chi connectivity index (χ4v) is 3.64. The minimum Gasteiger partial charge on any atom is -0.493 e. The van der Waals surface area contributed by atoms with Crippen LogP contribution < -0.4 is 9.47 Å². The molecular weight excluding hydrogens is 396 g/mol. The van der Waals surface area contributed by atoms with E-state index in [0.717, 1.165) is 18.4 Å². The van der Waals surface area contributed by atoms with Crippen molar-refractivity contribution in [3.05, 3.63) is 35.4 Å². The summed E-state index contributed by atoms with van der Waals surface area (Å²) in [6, 6.07) is 5.91. The summed E-state index contributed by atoms with van der Waals surface area (Å²) in [5, 5.41) is 0. The van der Waals surface area contributed by atoms with E-state index in [-0.39, 0.29) is 23.6 Å². The molecule has 0 unspecified atom stereocenters. The normalized spacial score (nSPS) is 17.5. The van der Waals surface area contributed by atoms with Gasteiger partial charge in [-0.05, 0) is 54.4 Å². The summed E-state index contributed by atoms with van der Waals surface area (Å²) in [5.74, 6) is 1.35. The maximum absolute atomic E-state index is 12.6. The molecule has 0 bridgehead atoms. The van der Waals surface area contributed by atoms with E-state index < -0.39 is 6.10 Å². The lowest BCUT2D eigenvalue weighted by Gasteiger charge is -2.28. The highest BCUT2D eigenvalue weighted by molar-refractivity contribution is 6.06. The number of hydrogen-bond acceptors (Lipinski definition) is 6. The number of ketones is 1. The molecule has 172 valence electrons. The summed E-state index contributed by atoms with van der Waals surface area (Å²) >= 11 is 0.